The number of carbonyl (C=O) groups is 1. The van der Waals surface area contributed by atoms with Gasteiger partial charge in [0, 0.05) is 23.7 Å². The summed E-state index contributed by atoms with van der Waals surface area (Å²) in [7, 11) is 2.19. The predicted molar refractivity (Wildman–Crippen MR) is 107 cm³/mol. The number of nitrogens with one attached hydrogen (secondary N) is 2. The average molecular weight is 373 g/mol. The molecule has 3 rings (SSSR count). The quantitative estimate of drug-likeness (QED) is 0.783. The summed E-state index contributed by atoms with van der Waals surface area (Å²) in [6, 6.07) is 8.52. The van der Waals surface area contributed by atoms with Crippen LogP contribution >= 0.6 is 11.3 Å². The number of nitrogens with zero attached hydrogens (tertiary/aromatic N) is 2. The van der Waals surface area contributed by atoms with Crippen LogP contribution in [0.25, 0.3) is 0 Å². The summed E-state index contributed by atoms with van der Waals surface area (Å²) in [5, 5.41) is 8.87. The molecule has 5 nitrogen and oxygen atoms in total. The minimum Gasteiger partial charge on any atom is -0.332 e. The largest absolute Gasteiger partial charge is 0.332 e. The maximum atomic E-state index is 12.3. The molecule has 1 fully saturated rings. The highest BCUT2D eigenvalue weighted by Gasteiger charge is 2.19. The summed E-state index contributed by atoms with van der Waals surface area (Å²) in [5.41, 5.74) is 2.93. The monoisotopic (exact) mass is 372 g/mol. The highest BCUT2D eigenvalue weighted by atomic mass is 32.1. The van der Waals surface area contributed by atoms with E-state index in [0.29, 0.717) is 12.6 Å². The Morgan fingerprint density at radius 1 is 1.27 bits per heavy atom. The van der Waals surface area contributed by atoms with E-state index in [1.165, 1.54) is 32.1 Å². The van der Waals surface area contributed by atoms with Crippen LogP contribution in [0, 0.1) is 6.92 Å². The predicted octanol–water partition coefficient (Wildman–Crippen LogP) is 4.54. The van der Waals surface area contributed by atoms with Crippen molar-refractivity contribution in [2.75, 3.05) is 12.4 Å². The number of amides is 2. The third-order valence-corrected chi connectivity index (χ3v) is 5.80. The molecule has 140 valence electrons. The maximum absolute atomic E-state index is 12.3. The first kappa shape index (κ1) is 18.9. The van der Waals surface area contributed by atoms with Crippen molar-refractivity contribution in [1.29, 1.82) is 0 Å². The lowest BCUT2D eigenvalue weighted by Crippen LogP contribution is -2.33. The molecule has 0 atom stereocenters. The van der Waals surface area contributed by atoms with Gasteiger partial charge in [-0.15, -0.1) is 11.3 Å². The van der Waals surface area contributed by atoms with Crippen LogP contribution < -0.4 is 10.6 Å². The summed E-state index contributed by atoms with van der Waals surface area (Å²) < 4.78 is 0. The van der Waals surface area contributed by atoms with E-state index >= 15 is 0 Å². The molecule has 1 heterocycles. The molecule has 2 aromatic rings. The average Bonchev–Trinajstić information content (AvgIpc) is 3.08. The fourth-order valence-electron chi connectivity index (χ4n) is 3.53. The van der Waals surface area contributed by atoms with E-state index in [1.807, 2.05) is 30.5 Å². The zero-order chi connectivity index (χ0) is 18.4. The Labute approximate surface area is 159 Å². The molecule has 1 saturated carbocycles. The van der Waals surface area contributed by atoms with Gasteiger partial charge in [0.2, 0.25) is 0 Å². The first-order chi connectivity index (χ1) is 12.6. The summed E-state index contributed by atoms with van der Waals surface area (Å²) in [6.07, 6.45) is 6.57. The second-order valence-electron chi connectivity index (χ2n) is 7.03. The lowest BCUT2D eigenvalue weighted by molar-refractivity contribution is 0.185. The van der Waals surface area contributed by atoms with Crippen molar-refractivity contribution >= 4 is 23.1 Å². The van der Waals surface area contributed by atoms with Crippen LogP contribution in [0.2, 0.25) is 0 Å². The first-order valence-corrected chi connectivity index (χ1v) is 10.2. The second kappa shape index (κ2) is 9.14. The van der Waals surface area contributed by atoms with Gasteiger partial charge in [-0.1, -0.05) is 37.5 Å². The second-order valence-corrected chi connectivity index (χ2v) is 8.09. The van der Waals surface area contributed by atoms with Gasteiger partial charge < -0.3 is 10.6 Å². The molecular formula is C20H28N4OS. The molecule has 2 amide bonds. The molecule has 1 aliphatic carbocycles. The lowest BCUT2D eigenvalue weighted by Gasteiger charge is -2.31. The molecule has 0 bridgehead atoms. The van der Waals surface area contributed by atoms with Gasteiger partial charge in [-0.05, 0) is 38.4 Å². The Kier molecular flexibility index (Phi) is 6.63. The number of carbonyl (C=O) groups excluding carboxylic acids is 1. The van der Waals surface area contributed by atoms with Gasteiger partial charge in [0.25, 0.3) is 0 Å². The van der Waals surface area contributed by atoms with Gasteiger partial charge in [-0.3, -0.25) is 4.90 Å². The third-order valence-electron chi connectivity index (χ3n) is 4.98. The normalized spacial score (nSPS) is 15.2. The van der Waals surface area contributed by atoms with Crippen molar-refractivity contribution in [2.24, 2.45) is 0 Å². The van der Waals surface area contributed by atoms with Crippen LogP contribution in [-0.4, -0.2) is 29.0 Å². The van der Waals surface area contributed by atoms with Gasteiger partial charge in [0.15, 0.2) is 0 Å². The molecule has 6 heteroatoms. The fraction of sp³-hybridized carbons (Fsp3) is 0.500. The van der Waals surface area contributed by atoms with Gasteiger partial charge in [0.05, 0.1) is 17.2 Å². The van der Waals surface area contributed by atoms with Gasteiger partial charge >= 0.3 is 6.03 Å². The highest BCUT2D eigenvalue weighted by Crippen LogP contribution is 2.24. The van der Waals surface area contributed by atoms with E-state index in [4.69, 9.17) is 0 Å². The van der Waals surface area contributed by atoms with E-state index in [9.17, 15) is 4.79 Å². The smallest absolute Gasteiger partial charge is 0.319 e. The first-order valence-electron chi connectivity index (χ1n) is 9.36. The number of urea groups is 1. The molecule has 1 aromatic carbocycles. The van der Waals surface area contributed by atoms with Crippen LogP contribution in [-0.2, 0) is 13.1 Å². The zero-order valence-electron chi connectivity index (χ0n) is 15.6. The zero-order valence-corrected chi connectivity index (χ0v) is 16.4. The molecule has 26 heavy (non-hydrogen) atoms. The molecule has 1 aliphatic rings. The molecule has 2 N–H and O–H groups in total. The Morgan fingerprint density at radius 2 is 2.04 bits per heavy atom. The minimum absolute atomic E-state index is 0.191. The number of thiazole rings is 1. The fourth-order valence-corrected chi connectivity index (χ4v) is 4.14. The van der Waals surface area contributed by atoms with Crippen molar-refractivity contribution in [3.63, 3.8) is 0 Å². The number of para-hydroxylation sites is 1. The van der Waals surface area contributed by atoms with Crippen molar-refractivity contribution in [1.82, 2.24) is 15.2 Å². The molecule has 0 unspecified atom stereocenters. The minimum atomic E-state index is -0.191. The van der Waals surface area contributed by atoms with E-state index in [0.717, 1.165) is 28.5 Å². The third kappa shape index (κ3) is 5.29. The van der Waals surface area contributed by atoms with Crippen LogP contribution in [0.5, 0.6) is 0 Å². The van der Waals surface area contributed by atoms with Crippen LogP contribution in [0.3, 0.4) is 0 Å². The summed E-state index contributed by atoms with van der Waals surface area (Å²) in [6.45, 7) is 3.26. The Morgan fingerprint density at radius 3 is 2.77 bits per heavy atom. The van der Waals surface area contributed by atoms with Crippen molar-refractivity contribution < 1.29 is 4.79 Å². The van der Waals surface area contributed by atoms with Crippen LogP contribution in [0.1, 0.15) is 48.4 Å². The van der Waals surface area contributed by atoms with Gasteiger partial charge in [-0.2, -0.15) is 0 Å². The van der Waals surface area contributed by atoms with Crippen LogP contribution in [0.4, 0.5) is 10.5 Å². The van der Waals surface area contributed by atoms with Crippen molar-refractivity contribution in [3.8, 4) is 0 Å². The molecule has 0 saturated heterocycles. The molecule has 1 aromatic heterocycles. The van der Waals surface area contributed by atoms with E-state index < -0.39 is 0 Å². The number of aromatic nitrogens is 1. The van der Waals surface area contributed by atoms with E-state index in [2.05, 4.69) is 33.6 Å². The lowest BCUT2D eigenvalue weighted by atomic mass is 9.94. The number of benzene rings is 1. The molecule has 0 aliphatic heterocycles. The number of aryl methyl sites for hydroxylation is 1. The molecular weight excluding hydrogens is 344 g/mol. The van der Waals surface area contributed by atoms with Crippen LogP contribution in [0.15, 0.2) is 29.6 Å². The standard InChI is InChI=1S/C20H28N4OS/c1-15-22-17(14-26-15)12-21-20(25)23-19-11-7-6-8-16(19)13-24(2)18-9-4-3-5-10-18/h6-8,11,14,18H,3-5,9-10,12-13H2,1-2H3,(H2,21,23,25). The Balaban J connectivity index is 1.56. The molecule has 0 spiro atoms. The summed E-state index contributed by atoms with van der Waals surface area (Å²) in [4.78, 5) is 19.1. The van der Waals surface area contributed by atoms with E-state index in [-0.39, 0.29) is 6.03 Å². The van der Waals surface area contributed by atoms with E-state index in [1.54, 1.807) is 11.3 Å². The number of hydrogen-bond donors (Lipinski definition) is 2. The number of anilines is 1. The van der Waals surface area contributed by atoms with Crippen molar-refractivity contribution in [3.05, 3.63) is 45.9 Å². The summed E-state index contributed by atoms with van der Waals surface area (Å²) in [5.74, 6) is 0. The highest BCUT2D eigenvalue weighted by molar-refractivity contribution is 7.09. The summed E-state index contributed by atoms with van der Waals surface area (Å²) >= 11 is 1.59. The maximum Gasteiger partial charge on any atom is 0.319 e. The number of hydrogen-bond acceptors (Lipinski definition) is 4. The Hall–Kier alpha value is -1.92. The van der Waals surface area contributed by atoms with Gasteiger partial charge in [-0.25, -0.2) is 9.78 Å². The SMILES string of the molecule is Cc1nc(CNC(=O)Nc2ccccc2CN(C)C2CCCCC2)cs1. The molecule has 0 radical (unpaired) electrons. The Bertz CT molecular complexity index is 724. The van der Waals surface area contributed by atoms with Gasteiger partial charge in [0.1, 0.15) is 0 Å². The topological polar surface area (TPSA) is 57.3 Å². The van der Waals surface area contributed by atoms with Crippen molar-refractivity contribution in [2.45, 2.75) is 58.2 Å². The number of rotatable bonds is 6.